The summed E-state index contributed by atoms with van der Waals surface area (Å²) in [6, 6.07) is 4.51. The van der Waals surface area contributed by atoms with Gasteiger partial charge < -0.3 is 15.5 Å². The van der Waals surface area contributed by atoms with Crippen LogP contribution in [0, 0.1) is 0 Å². The predicted octanol–water partition coefficient (Wildman–Crippen LogP) is 2.53. The average Bonchev–Trinajstić information content (AvgIpc) is 2.32. The number of hydrogen-bond acceptors (Lipinski definition) is 2. The quantitative estimate of drug-likeness (QED) is 0.897. The molecule has 0 spiro atoms. The Labute approximate surface area is 114 Å². The van der Waals surface area contributed by atoms with E-state index < -0.39 is 17.8 Å². The van der Waals surface area contributed by atoms with Gasteiger partial charge in [-0.1, -0.05) is 12.1 Å². The lowest BCUT2D eigenvalue weighted by molar-refractivity contribution is -0.136. The van der Waals surface area contributed by atoms with Gasteiger partial charge in [0.25, 0.3) is 0 Å². The number of likely N-dealkylation sites (N-methyl/N-ethyl adjacent to an activating group) is 1. The minimum Gasteiger partial charge on any atom is -0.319 e. The highest BCUT2D eigenvalue weighted by molar-refractivity contribution is 5.90. The number of amides is 2. The Morgan fingerprint density at radius 3 is 2.55 bits per heavy atom. The Kier molecular flexibility index (Phi) is 4.17. The minimum atomic E-state index is -4.49. The van der Waals surface area contributed by atoms with Crippen LogP contribution in [0.4, 0.5) is 23.7 Å². The van der Waals surface area contributed by atoms with Crippen LogP contribution in [-0.2, 0) is 6.18 Å². The molecule has 0 bridgehead atoms. The van der Waals surface area contributed by atoms with E-state index in [1.807, 2.05) is 0 Å². The number of hydrogen-bond donors (Lipinski definition) is 2. The second-order valence-electron chi connectivity index (χ2n) is 4.57. The molecule has 0 radical (unpaired) electrons. The molecule has 0 saturated carbocycles. The number of para-hydroxylation sites is 1. The molecule has 20 heavy (non-hydrogen) atoms. The van der Waals surface area contributed by atoms with Crippen molar-refractivity contribution in [3.63, 3.8) is 0 Å². The number of alkyl halides is 3. The van der Waals surface area contributed by atoms with Gasteiger partial charge in [-0.3, -0.25) is 0 Å². The molecule has 7 heteroatoms. The summed E-state index contributed by atoms with van der Waals surface area (Å²) in [5.74, 6) is 0. The van der Waals surface area contributed by atoms with Gasteiger partial charge in [-0.05, 0) is 19.1 Å². The molecule has 1 fully saturated rings. The zero-order valence-electron chi connectivity index (χ0n) is 11.0. The van der Waals surface area contributed by atoms with Crippen molar-refractivity contribution in [1.82, 2.24) is 10.2 Å². The molecule has 2 N–H and O–H groups in total. The van der Waals surface area contributed by atoms with Crippen molar-refractivity contribution in [3.05, 3.63) is 29.8 Å². The third kappa shape index (κ3) is 3.04. The van der Waals surface area contributed by atoms with Crippen molar-refractivity contribution in [2.24, 2.45) is 0 Å². The van der Waals surface area contributed by atoms with E-state index >= 15 is 0 Å². The highest BCUT2D eigenvalue weighted by atomic mass is 19.4. The van der Waals surface area contributed by atoms with Crippen molar-refractivity contribution < 1.29 is 18.0 Å². The number of urea groups is 1. The number of carbonyl (C=O) groups excluding carboxylic acids is 1. The molecular formula is C13H16F3N3O. The first-order valence-electron chi connectivity index (χ1n) is 6.38. The second kappa shape index (κ2) is 5.70. The molecule has 1 heterocycles. The summed E-state index contributed by atoms with van der Waals surface area (Å²) in [5, 5.41) is 5.39. The molecule has 1 saturated heterocycles. The third-order valence-electron chi connectivity index (χ3n) is 3.28. The van der Waals surface area contributed by atoms with Gasteiger partial charge in [0.05, 0.1) is 17.3 Å². The molecule has 0 aromatic heterocycles. The predicted molar refractivity (Wildman–Crippen MR) is 69.5 cm³/mol. The monoisotopic (exact) mass is 287 g/mol. The summed E-state index contributed by atoms with van der Waals surface area (Å²) in [7, 11) is 0. The third-order valence-corrected chi connectivity index (χ3v) is 3.28. The topological polar surface area (TPSA) is 44.4 Å². The van der Waals surface area contributed by atoms with E-state index in [1.165, 1.54) is 23.1 Å². The molecule has 1 aliphatic heterocycles. The van der Waals surface area contributed by atoms with Crippen LogP contribution >= 0.6 is 0 Å². The van der Waals surface area contributed by atoms with E-state index in [-0.39, 0.29) is 11.7 Å². The van der Waals surface area contributed by atoms with Gasteiger partial charge in [0, 0.05) is 19.6 Å². The van der Waals surface area contributed by atoms with Crippen LogP contribution in [0.3, 0.4) is 0 Å². The van der Waals surface area contributed by atoms with Crippen LogP contribution in [0.25, 0.3) is 0 Å². The molecule has 1 aliphatic rings. The molecule has 0 aliphatic carbocycles. The van der Waals surface area contributed by atoms with Crippen molar-refractivity contribution in [1.29, 1.82) is 0 Å². The number of halogens is 3. The van der Waals surface area contributed by atoms with E-state index in [1.54, 1.807) is 6.92 Å². The molecule has 1 aromatic rings. The lowest BCUT2D eigenvalue weighted by atomic mass is 10.1. The molecule has 2 rings (SSSR count). The molecule has 4 nitrogen and oxygen atoms in total. The fraction of sp³-hybridized carbons (Fsp3) is 0.462. The number of benzene rings is 1. The van der Waals surface area contributed by atoms with Crippen molar-refractivity contribution in [3.8, 4) is 0 Å². The molecular weight excluding hydrogens is 271 g/mol. The average molecular weight is 287 g/mol. The Balaban J connectivity index is 2.15. The van der Waals surface area contributed by atoms with Gasteiger partial charge >= 0.3 is 12.2 Å². The van der Waals surface area contributed by atoms with Crippen LogP contribution in [0.5, 0.6) is 0 Å². The normalized spacial score (nSPS) is 15.6. The van der Waals surface area contributed by atoms with Crippen molar-refractivity contribution in [2.75, 3.05) is 25.0 Å². The lowest BCUT2D eigenvalue weighted by Crippen LogP contribution is -2.59. The zero-order valence-corrected chi connectivity index (χ0v) is 11.0. The Morgan fingerprint density at radius 1 is 1.40 bits per heavy atom. The second-order valence-corrected chi connectivity index (χ2v) is 4.57. The van der Waals surface area contributed by atoms with Crippen molar-refractivity contribution in [2.45, 2.75) is 19.1 Å². The highest BCUT2D eigenvalue weighted by Gasteiger charge is 2.34. The number of nitrogens with zero attached hydrogens (tertiary/aromatic N) is 1. The fourth-order valence-corrected chi connectivity index (χ4v) is 2.09. The first-order chi connectivity index (χ1) is 9.43. The van der Waals surface area contributed by atoms with Gasteiger partial charge in [-0.25, -0.2) is 4.79 Å². The maximum atomic E-state index is 12.8. The largest absolute Gasteiger partial charge is 0.418 e. The smallest absolute Gasteiger partial charge is 0.319 e. The number of nitrogens with one attached hydrogen (secondary N) is 2. The van der Waals surface area contributed by atoms with Gasteiger partial charge in [-0.15, -0.1) is 0 Å². The van der Waals surface area contributed by atoms with E-state index in [2.05, 4.69) is 10.6 Å². The molecule has 1 aromatic carbocycles. The zero-order chi connectivity index (χ0) is 14.8. The van der Waals surface area contributed by atoms with E-state index in [4.69, 9.17) is 0 Å². The maximum Gasteiger partial charge on any atom is 0.418 e. The minimum absolute atomic E-state index is 0.0399. The summed E-state index contributed by atoms with van der Waals surface area (Å²) >= 11 is 0. The number of carbonyl (C=O) groups is 1. The van der Waals surface area contributed by atoms with E-state index in [0.717, 1.165) is 6.07 Å². The molecule has 0 atom stereocenters. The number of rotatable bonds is 3. The van der Waals surface area contributed by atoms with Crippen LogP contribution in [0.15, 0.2) is 24.3 Å². The maximum absolute atomic E-state index is 12.8. The summed E-state index contributed by atoms with van der Waals surface area (Å²) in [5.41, 5.74) is -1.05. The summed E-state index contributed by atoms with van der Waals surface area (Å²) in [6.07, 6.45) is -4.49. The standard InChI is InChI=1S/C13H16F3N3O/c1-2-19(9-7-17-8-9)12(20)18-11-6-4-3-5-10(11)13(14,15)16/h3-6,9,17H,2,7-8H2,1H3,(H,18,20). The fourth-order valence-electron chi connectivity index (χ4n) is 2.09. The first-order valence-corrected chi connectivity index (χ1v) is 6.38. The van der Waals surface area contributed by atoms with E-state index in [0.29, 0.717) is 19.6 Å². The highest BCUT2D eigenvalue weighted by Crippen LogP contribution is 2.34. The van der Waals surface area contributed by atoms with Crippen molar-refractivity contribution >= 4 is 11.7 Å². The van der Waals surface area contributed by atoms with Crippen LogP contribution in [-0.4, -0.2) is 36.6 Å². The Morgan fingerprint density at radius 2 is 2.05 bits per heavy atom. The summed E-state index contributed by atoms with van der Waals surface area (Å²) in [4.78, 5) is 13.6. The summed E-state index contributed by atoms with van der Waals surface area (Å²) < 4.78 is 38.5. The van der Waals surface area contributed by atoms with Gasteiger partial charge in [0.15, 0.2) is 0 Å². The molecule has 110 valence electrons. The van der Waals surface area contributed by atoms with Gasteiger partial charge in [0.1, 0.15) is 0 Å². The molecule has 2 amide bonds. The van der Waals surface area contributed by atoms with Crippen LogP contribution in [0.2, 0.25) is 0 Å². The van der Waals surface area contributed by atoms with Gasteiger partial charge in [-0.2, -0.15) is 13.2 Å². The number of anilines is 1. The lowest BCUT2D eigenvalue weighted by Gasteiger charge is -2.37. The SMILES string of the molecule is CCN(C(=O)Nc1ccccc1C(F)(F)F)C1CNC1. The van der Waals surface area contributed by atoms with Gasteiger partial charge in [0.2, 0.25) is 0 Å². The van der Waals surface area contributed by atoms with Crippen LogP contribution in [0.1, 0.15) is 12.5 Å². The Hall–Kier alpha value is -1.76. The summed E-state index contributed by atoms with van der Waals surface area (Å²) in [6.45, 7) is 3.59. The van der Waals surface area contributed by atoms with E-state index in [9.17, 15) is 18.0 Å². The Bertz CT molecular complexity index is 486. The van der Waals surface area contributed by atoms with Crippen LogP contribution < -0.4 is 10.6 Å². The molecule has 0 unspecified atom stereocenters. The first kappa shape index (κ1) is 14.6.